The van der Waals surface area contributed by atoms with Gasteiger partial charge in [0, 0.05) is 19.3 Å². The molecule has 1 fully saturated rings. The van der Waals surface area contributed by atoms with E-state index in [0.29, 0.717) is 19.5 Å². The van der Waals surface area contributed by atoms with Crippen LogP contribution in [0.5, 0.6) is 0 Å². The van der Waals surface area contributed by atoms with Crippen molar-refractivity contribution in [1.29, 1.82) is 0 Å². The Balaban J connectivity index is 1.97. The second-order valence-corrected chi connectivity index (χ2v) is 9.02. The lowest BCUT2D eigenvalue weighted by Crippen LogP contribution is -2.35. The van der Waals surface area contributed by atoms with Crippen LogP contribution >= 0.6 is 0 Å². The molecule has 128 valence electrons. The third kappa shape index (κ3) is 4.92. The molecule has 0 bridgehead atoms. The first-order chi connectivity index (χ1) is 10.6. The van der Waals surface area contributed by atoms with Gasteiger partial charge in [-0.15, -0.1) is 0 Å². The van der Waals surface area contributed by atoms with Crippen LogP contribution in [0.2, 0.25) is 0 Å². The minimum Gasteiger partial charge on any atom is -0.444 e. The van der Waals surface area contributed by atoms with Crippen molar-refractivity contribution in [3.8, 4) is 0 Å². The van der Waals surface area contributed by atoms with Crippen molar-refractivity contribution in [2.24, 2.45) is 5.92 Å². The Morgan fingerprint density at radius 1 is 1.39 bits per heavy atom. The average molecular weight is 340 g/mol. The third-order valence-corrected chi connectivity index (χ3v) is 5.38. The van der Waals surface area contributed by atoms with Gasteiger partial charge in [0.25, 0.3) is 0 Å². The van der Waals surface area contributed by atoms with Crippen LogP contribution in [0, 0.1) is 12.8 Å². The monoisotopic (exact) mass is 340 g/mol. The largest absolute Gasteiger partial charge is 0.444 e. The Bertz CT molecular complexity index is 662. The molecule has 2 rings (SSSR count). The smallest absolute Gasteiger partial charge is 0.410 e. The zero-order valence-electron chi connectivity index (χ0n) is 14.1. The van der Waals surface area contributed by atoms with Gasteiger partial charge < -0.3 is 9.64 Å². The average Bonchev–Trinajstić information content (AvgIpc) is 2.85. The van der Waals surface area contributed by atoms with E-state index in [2.05, 4.69) is 4.98 Å². The molecule has 0 aromatic carbocycles. The molecule has 0 radical (unpaired) electrons. The van der Waals surface area contributed by atoms with Crippen molar-refractivity contribution < 1.29 is 17.9 Å². The zero-order chi connectivity index (χ0) is 17.3. The molecule has 0 saturated carbocycles. The van der Waals surface area contributed by atoms with Crippen LogP contribution < -0.4 is 0 Å². The highest BCUT2D eigenvalue weighted by Gasteiger charge is 2.33. The summed E-state index contributed by atoms with van der Waals surface area (Å²) < 4.78 is 30.1. The van der Waals surface area contributed by atoms with E-state index in [4.69, 9.17) is 4.74 Å². The number of amides is 1. The molecule has 1 atom stereocenters. The van der Waals surface area contributed by atoms with Crippen LogP contribution in [-0.4, -0.2) is 48.8 Å². The fourth-order valence-corrected chi connectivity index (χ4v) is 4.05. The SMILES string of the molecule is Cc1ccc(S(=O)(=O)C[C@@H]2CCN(C(=O)OC(C)(C)C)C2)nc1. The summed E-state index contributed by atoms with van der Waals surface area (Å²) in [6.45, 7) is 8.22. The summed E-state index contributed by atoms with van der Waals surface area (Å²) >= 11 is 0. The minimum absolute atomic E-state index is 0.00234. The molecular weight excluding hydrogens is 316 g/mol. The summed E-state index contributed by atoms with van der Waals surface area (Å²) in [5.74, 6) is -0.0850. The number of likely N-dealkylation sites (tertiary alicyclic amines) is 1. The van der Waals surface area contributed by atoms with Gasteiger partial charge in [-0.1, -0.05) is 6.07 Å². The number of sulfone groups is 1. The van der Waals surface area contributed by atoms with Crippen LogP contribution in [0.3, 0.4) is 0 Å². The standard InChI is InChI=1S/C16H24N2O4S/c1-12-5-6-14(17-9-12)23(20,21)11-13-7-8-18(10-13)15(19)22-16(2,3)4/h5-6,9,13H,7-8,10-11H2,1-4H3/t13-/m1/s1. The van der Waals surface area contributed by atoms with Gasteiger partial charge in [-0.2, -0.15) is 0 Å². The summed E-state index contributed by atoms with van der Waals surface area (Å²) in [4.78, 5) is 17.6. The van der Waals surface area contributed by atoms with Crippen LogP contribution in [0.25, 0.3) is 0 Å². The molecule has 2 heterocycles. The first kappa shape index (κ1) is 17.7. The van der Waals surface area contributed by atoms with Crippen molar-refractivity contribution in [3.05, 3.63) is 23.9 Å². The molecule has 1 saturated heterocycles. The fourth-order valence-electron chi connectivity index (χ4n) is 2.49. The molecule has 7 heteroatoms. The molecule has 1 aliphatic heterocycles. The van der Waals surface area contributed by atoms with Crippen molar-refractivity contribution in [3.63, 3.8) is 0 Å². The Morgan fingerprint density at radius 2 is 2.09 bits per heavy atom. The quantitative estimate of drug-likeness (QED) is 0.844. The highest BCUT2D eigenvalue weighted by atomic mass is 32.2. The second kappa shape index (κ2) is 6.47. The van der Waals surface area contributed by atoms with Gasteiger partial charge in [0.1, 0.15) is 5.60 Å². The molecule has 1 aliphatic rings. The Morgan fingerprint density at radius 3 is 2.65 bits per heavy atom. The Labute approximate surface area is 137 Å². The van der Waals surface area contributed by atoms with Gasteiger partial charge >= 0.3 is 6.09 Å². The maximum absolute atomic E-state index is 12.4. The molecule has 0 spiro atoms. The summed E-state index contributed by atoms with van der Waals surface area (Å²) in [6.07, 6.45) is 1.82. The number of nitrogens with zero attached hydrogens (tertiary/aromatic N) is 2. The molecule has 0 aliphatic carbocycles. The lowest BCUT2D eigenvalue weighted by molar-refractivity contribution is 0.0289. The van der Waals surface area contributed by atoms with E-state index >= 15 is 0 Å². The molecule has 23 heavy (non-hydrogen) atoms. The third-order valence-electron chi connectivity index (χ3n) is 3.60. The van der Waals surface area contributed by atoms with Gasteiger partial charge in [-0.05, 0) is 51.7 Å². The maximum atomic E-state index is 12.4. The summed E-state index contributed by atoms with van der Waals surface area (Å²) in [6, 6.07) is 3.27. The lowest BCUT2D eigenvalue weighted by atomic mass is 10.2. The number of aromatic nitrogens is 1. The molecular formula is C16H24N2O4S. The van der Waals surface area contributed by atoms with Crippen molar-refractivity contribution in [2.75, 3.05) is 18.8 Å². The highest BCUT2D eigenvalue weighted by molar-refractivity contribution is 7.91. The van der Waals surface area contributed by atoms with E-state index in [1.54, 1.807) is 17.2 Å². The second-order valence-electron chi connectivity index (χ2n) is 7.04. The van der Waals surface area contributed by atoms with Crippen LogP contribution in [0.4, 0.5) is 4.79 Å². The number of ether oxygens (including phenoxy) is 1. The normalized spacial score (nSPS) is 19.0. The first-order valence-electron chi connectivity index (χ1n) is 7.70. The number of carbonyl (C=O) groups excluding carboxylic acids is 1. The lowest BCUT2D eigenvalue weighted by Gasteiger charge is -2.24. The van der Waals surface area contributed by atoms with E-state index in [9.17, 15) is 13.2 Å². The molecule has 1 aromatic heterocycles. The minimum atomic E-state index is -3.43. The van der Waals surface area contributed by atoms with E-state index < -0.39 is 15.4 Å². The first-order valence-corrected chi connectivity index (χ1v) is 9.35. The van der Waals surface area contributed by atoms with E-state index in [0.717, 1.165) is 5.56 Å². The molecule has 1 amide bonds. The Kier molecular flexibility index (Phi) is 4.98. The van der Waals surface area contributed by atoms with Crippen LogP contribution in [-0.2, 0) is 14.6 Å². The summed E-state index contributed by atoms with van der Waals surface area (Å²) in [5.41, 5.74) is 0.369. The number of hydrogen-bond donors (Lipinski definition) is 0. The van der Waals surface area contributed by atoms with E-state index in [-0.39, 0.29) is 22.8 Å². The predicted molar refractivity (Wildman–Crippen MR) is 86.9 cm³/mol. The zero-order valence-corrected chi connectivity index (χ0v) is 14.9. The molecule has 0 unspecified atom stereocenters. The van der Waals surface area contributed by atoms with Gasteiger partial charge in [0.2, 0.25) is 0 Å². The molecule has 6 nitrogen and oxygen atoms in total. The number of aryl methyl sites for hydroxylation is 1. The van der Waals surface area contributed by atoms with Crippen molar-refractivity contribution in [1.82, 2.24) is 9.88 Å². The number of rotatable bonds is 3. The molecule has 1 aromatic rings. The topological polar surface area (TPSA) is 76.6 Å². The Hall–Kier alpha value is -1.63. The number of carbonyl (C=O) groups is 1. The maximum Gasteiger partial charge on any atom is 0.410 e. The van der Waals surface area contributed by atoms with E-state index in [1.165, 1.54) is 6.07 Å². The van der Waals surface area contributed by atoms with Crippen LogP contribution in [0.15, 0.2) is 23.4 Å². The number of hydrogen-bond acceptors (Lipinski definition) is 5. The van der Waals surface area contributed by atoms with Gasteiger partial charge in [-0.3, -0.25) is 0 Å². The number of pyridine rings is 1. The summed E-state index contributed by atoms with van der Waals surface area (Å²) in [7, 11) is -3.43. The van der Waals surface area contributed by atoms with E-state index in [1.807, 2.05) is 27.7 Å². The predicted octanol–water partition coefficient (Wildman–Crippen LogP) is 2.42. The summed E-state index contributed by atoms with van der Waals surface area (Å²) in [5, 5.41) is 0.0961. The highest BCUT2D eigenvalue weighted by Crippen LogP contribution is 2.23. The van der Waals surface area contributed by atoms with Gasteiger partial charge in [-0.25, -0.2) is 18.2 Å². The van der Waals surface area contributed by atoms with Crippen molar-refractivity contribution in [2.45, 2.75) is 44.7 Å². The van der Waals surface area contributed by atoms with Gasteiger partial charge in [0.15, 0.2) is 14.9 Å². The fraction of sp³-hybridized carbons (Fsp3) is 0.625. The van der Waals surface area contributed by atoms with Gasteiger partial charge in [0.05, 0.1) is 5.75 Å². The molecule has 0 N–H and O–H groups in total. The van der Waals surface area contributed by atoms with Crippen molar-refractivity contribution >= 4 is 15.9 Å². The van der Waals surface area contributed by atoms with Crippen LogP contribution in [0.1, 0.15) is 32.8 Å².